The van der Waals surface area contributed by atoms with Gasteiger partial charge in [0.25, 0.3) is 0 Å². The minimum absolute atomic E-state index is 0.114. The van der Waals surface area contributed by atoms with Gasteiger partial charge in [0.05, 0.1) is 50.8 Å². The fraction of sp³-hybridized carbons (Fsp3) is 1.00. The first kappa shape index (κ1) is 16.9. The molecule has 4 saturated heterocycles. The first-order valence-electron chi connectivity index (χ1n) is 10.0. The van der Waals surface area contributed by atoms with Gasteiger partial charge < -0.3 is 30.4 Å². The summed E-state index contributed by atoms with van der Waals surface area (Å²) in [6, 6.07) is 0.114. The zero-order chi connectivity index (χ0) is 17.2. The highest BCUT2D eigenvalue weighted by atomic mass is 16.6. The molecule has 4 heterocycles. The van der Waals surface area contributed by atoms with E-state index in [-0.39, 0.29) is 11.6 Å². The molecule has 0 aromatic heterocycles. The second-order valence-corrected chi connectivity index (χ2v) is 9.25. The lowest BCUT2D eigenvalue weighted by molar-refractivity contribution is -0.0234. The summed E-state index contributed by atoms with van der Waals surface area (Å²) >= 11 is 0. The minimum atomic E-state index is -0.280. The van der Waals surface area contributed by atoms with Crippen molar-refractivity contribution in [3.05, 3.63) is 0 Å². The van der Waals surface area contributed by atoms with E-state index in [1.165, 1.54) is 0 Å². The fourth-order valence-corrected chi connectivity index (χ4v) is 5.53. The third-order valence-corrected chi connectivity index (χ3v) is 7.34. The van der Waals surface area contributed by atoms with Crippen LogP contribution in [0.15, 0.2) is 0 Å². The van der Waals surface area contributed by atoms with Gasteiger partial charge in [-0.05, 0) is 56.3 Å². The topological polar surface area (TPSA) is 102 Å². The van der Waals surface area contributed by atoms with Gasteiger partial charge in [0.15, 0.2) is 0 Å². The van der Waals surface area contributed by atoms with E-state index in [2.05, 4.69) is 6.92 Å². The van der Waals surface area contributed by atoms with Crippen molar-refractivity contribution in [1.82, 2.24) is 0 Å². The molecule has 0 aromatic rings. The molecule has 0 radical (unpaired) electrons. The maximum absolute atomic E-state index is 7.04. The Morgan fingerprint density at radius 3 is 1.60 bits per heavy atom. The quantitative estimate of drug-likeness (QED) is 0.622. The highest BCUT2D eigenvalue weighted by Crippen LogP contribution is 2.52. The third kappa shape index (κ3) is 3.62. The van der Waals surface area contributed by atoms with Crippen LogP contribution in [-0.2, 0) is 18.9 Å². The molecule has 0 spiro atoms. The summed E-state index contributed by atoms with van der Waals surface area (Å²) in [5.74, 6) is 1.68. The van der Waals surface area contributed by atoms with E-state index in [1.807, 2.05) is 0 Å². The van der Waals surface area contributed by atoms with Gasteiger partial charge in [-0.3, -0.25) is 0 Å². The first-order chi connectivity index (χ1) is 12.0. The Labute approximate surface area is 149 Å². The van der Waals surface area contributed by atoms with Gasteiger partial charge in [0.1, 0.15) is 0 Å². The van der Waals surface area contributed by atoms with E-state index in [9.17, 15) is 0 Å². The molecular formula is C19H32N2O4. The van der Waals surface area contributed by atoms with Crippen LogP contribution in [0.5, 0.6) is 0 Å². The van der Waals surface area contributed by atoms with Crippen LogP contribution in [0.2, 0.25) is 0 Å². The Hall–Kier alpha value is -0.240. The van der Waals surface area contributed by atoms with Crippen molar-refractivity contribution < 1.29 is 18.9 Å². The van der Waals surface area contributed by atoms with E-state index in [0.29, 0.717) is 48.1 Å². The predicted molar refractivity (Wildman–Crippen MR) is 92.0 cm³/mol. The van der Waals surface area contributed by atoms with Crippen molar-refractivity contribution in [2.24, 2.45) is 35.1 Å². The van der Waals surface area contributed by atoms with E-state index in [1.54, 1.807) is 0 Å². The molecule has 1 saturated carbocycles. The summed E-state index contributed by atoms with van der Waals surface area (Å²) in [5.41, 5.74) is 13.6. The average molecular weight is 352 g/mol. The molecule has 6 heteroatoms. The molecule has 142 valence electrons. The van der Waals surface area contributed by atoms with Crippen LogP contribution in [0.3, 0.4) is 0 Å². The number of ether oxygens (including phenoxy) is 4. The van der Waals surface area contributed by atoms with Crippen molar-refractivity contribution in [1.29, 1.82) is 0 Å². The number of hydrogen-bond donors (Lipinski definition) is 2. The van der Waals surface area contributed by atoms with Crippen LogP contribution in [-0.4, -0.2) is 62.4 Å². The molecule has 5 rings (SSSR count). The van der Waals surface area contributed by atoms with Crippen molar-refractivity contribution >= 4 is 0 Å². The summed E-state index contributed by atoms with van der Waals surface area (Å²) in [7, 11) is 0. The summed E-state index contributed by atoms with van der Waals surface area (Å²) in [6.45, 7) is 5.77. The lowest BCUT2D eigenvalue weighted by atomic mass is 9.53. The van der Waals surface area contributed by atoms with Crippen LogP contribution in [0.25, 0.3) is 0 Å². The largest absolute Gasteiger partial charge is 0.373 e. The van der Waals surface area contributed by atoms with Gasteiger partial charge in [0.2, 0.25) is 0 Å². The molecule has 0 aromatic carbocycles. The normalized spacial score (nSPS) is 56.5. The number of hydrogen-bond acceptors (Lipinski definition) is 6. The van der Waals surface area contributed by atoms with Crippen molar-refractivity contribution in [3.63, 3.8) is 0 Å². The highest BCUT2D eigenvalue weighted by molar-refractivity contribution is 5.11. The van der Waals surface area contributed by atoms with Crippen molar-refractivity contribution in [2.75, 3.05) is 26.4 Å². The first-order valence-corrected chi connectivity index (χ1v) is 10.0. The standard InChI is InChI=1S/C19H32N2O4/c1-19(21)16(4-12-8-24-12)14(2-10-6-22-10)15(3-11-7-23-11)18(20)17(19)5-13-9-25-13/h10-18H,2-9,20-21H2,1H3. The van der Waals surface area contributed by atoms with Crippen molar-refractivity contribution in [2.45, 2.75) is 68.6 Å². The monoisotopic (exact) mass is 352 g/mol. The van der Waals surface area contributed by atoms with Crippen LogP contribution < -0.4 is 11.5 Å². The Kier molecular flexibility index (Phi) is 4.15. The smallest absolute Gasteiger partial charge is 0.0813 e. The molecule has 5 aliphatic rings. The summed E-state index contributed by atoms with van der Waals surface area (Å²) < 4.78 is 22.3. The van der Waals surface area contributed by atoms with Crippen LogP contribution in [0.1, 0.15) is 32.6 Å². The zero-order valence-electron chi connectivity index (χ0n) is 15.1. The molecule has 0 amide bonds. The Morgan fingerprint density at radius 2 is 1.12 bits per heavy atom. The number of nitrogens with two attached hydrogens (primary N) is 2. The molecular weight excluding hydrogens is 320 g/mol. The molecule has 4 aliphatic heterocycles. The third-order valence-electron chi connectivity index (χ3n) is 7.34. The van der Waals surface area contributed by atoms with Gasteiger partial charge in [0, 0.05) is 11.6 Å². The van der Waals surface area contributed by atoms with Crippen LogP contribution in [0, 0.1) is 23.7 Å². The fourth-order valence-electron chi connectivity index (χ4n) is 5.53. The lowest BCUT2D eigenvalue weighted by Gasteiger charge is -2.56. The van der Waals surface area contributed by atoms with Gasteiger partial charge in [-0.2, -0.15) is 0 Å². The van der Waals surface area contributed by atoms with Crippen molar-refractivity contribution in [3.8, 4) is 0 Å². The summed E-state index contributed by atoms with van der Waals surface area (Å²) in [4.78, 5) is 0. The summed E-state index contributed by atoms with van der Waals surface area (Å²) in [6.07, 6.45) is 5.75. The van der Waals surface area contributed by atoms with E-state index >= 15 is 0 Å². The highest BCUT2D eigenvalue weighted by Gasteiger charge is 2.57. The molecule has 4 N–H and O–H groups in total. The molecule has 0 bridgehead atoms. The minimum Gasteiger partial charge on any atom is -0.373 e. The van der Waals surface area contributed by atoms with Gasteiger partial charge in [-0.15, -0.1) is 0 Å². The molecule has 5 fully saturated rings. The lowest BCUT2D eigenvalue weighted by Crippen LogP contribution is -2.66. The van der Waals surface area contributed by atoms with Crippen LogP contribution in [0.4, 0.5) is 0 Å². The average Bonchev–Trinajstić information content (AvgIpc) is 3.43. The molecule has 10 atom stereocenters. The van der Waals surface area contributed by atoms with Gasteiger partial charge >= 0.3 is 0 Å². The van der Waals surface area contributed by atoms with E-state index in [4.69, 9.17) is 30.4 Å². The second-order valence-electron chi connectivity index (χ2n) is 9.25. The Bertz CT molecular complexity index is 500. The Balaban J connectivity index is 1.43. The molecule has 6 nitrogen and oxygen atoms in total. The maximum atomic E-state index is 7.04. The summed E-state index contributed by atoms with van der Waals surface area (Å²) in [5, 5.41) is 0. The van der Waals surface area contributed by atoms with E-state index in [0.717, 1.165) is 52.1 Å². The predicted octanol–water partition coefficient (Wildman–Crippen LogP) is 0.665. The van der Waals surface area contributed by atoms with E-state index < -0.39 is 0 Å². The zero-order valence-corrected chi connectivity index (χ0v) is 15.1. The van der Waals surface area contributed by atoms with Crippen LogP contribution >= 0.6 is 0 Å². The van der Waals surface area contributed by atoms with Gasteiger partial charge in [-0.25, -0.2) is 0 Å². The molecule has 10 unspecified atom stereocenters. The van der Waals surface area contributed by atoms with Gasteiger partial charge in [-0.1, -0.05) is 0 Å². The SMILES string of the molecule is CC1(N)C(CC2CO2)C(N)C(CC2CO2)C(CC2CO2)C1CC1CO1. The molecule has 25 heavy (non-hydrogen) atoms. The Morgan fingerprint density at radius 1 is 0.720 bits per heavy atom. The second kappa shape index (κ2) is 6.14. The number of rotatable bonds is 8. The number of epoxide rings is 4. The maximum Gasteiger partial charge on any atom is 0.0813 e. The molecule has 1 aliphatic carbocycles.